The normalized spacial score (nSPS) is 21.1. The van der Waals surface area contributed by atoms with Gasteiger partial charge in [0.2, 0.25) is 0 Å². The Balaban J connectivity index is 1.92. The van der Waals surface area contributed by atoms with Gasteiger partial charge < -0.3 is 5.32 Å². The predicted molar refractivity (Wildman–Crippen MR) is 78.1 cm³/mol. The van der Waals surface area contributed by atoms with E-state index in [2.05, 4.69) is 53.0 Å². The van der Waals surface area contributed by atoms with Crippen molar-refractivity contribution in [1.82, 2.24) is 20.0 Å². The minimum absolute atomic E-state index is 0.583. The van der Waals surface area contributed by atoms with Gasteiger partial charge in [-0.2, -0.15) is 5.10 Å². The van der Waals surface area contributed by atoms with Gasteiger partial charge in [0.25, 0.3) is 0 Å². The number of aromatic nitrogens is 2. The zero-order chi connectivity index (χ0) is 13.2. The van der Waals surface area contributed by atoms with Crippen LogP contribution in [0.1, 0.15) is 19.5 Å². The van der Waals surface area contributed by atoms with E-state index in [-0.39, 0.29) is 0 Å². The Morgan fingerprint density at radius 1 is 1.37 bits per heavy atom. The zero-order valence-corrected chi connectivity index (χ0v) is 11.8. The minimum Gasteiger partial charge on any atom is -0.314 e. The summed E-state index contributed by atoms with van der Waals surface area (Å²) in [6, 6.07) is 9.13. The maximum absolute atomic E-state index is 4.79. The molecule has 1 N–H and O–H groups in total. The molecule has 1 unspecified atom stereocenters. The van der Waals surface area contributed by atoms with E-state index < -0.39 is 0 Å². The minimum atomic E-state index is 0.583. The van der Waals surface area contributed by atoms with Gasteiger partial charge in [-0.05, 0) is 19.9 Å². The first-order valence-electron chi connectivity index (χ1n) is 7.18. The highest BCUT2D eigenvalue weighted by atomic mass is 15.3. The van der Waals surface area contributed by atoms with Crippen LogP contribution in [-0.2, 0) is 13.1 Å². The Labute approximate surface area is 114 Å². The van der Waals surface area contributed by atoms with E-state index >= 15 is 0 Å². The summed E-state index contributed by atoms with van der Waals surface area (Å²) in [5.41, 5.74) is 2.47. The second-order valence-electron chi connectivity index (χ2n) is 5.30. The lowest BCUT2D eigenvalue weighted by Gasteiger charge is -2.33. The van der Waals surface area contributed by atoms with Gasteiger partial charge in [0.1, 0.15) is 0 Å². The number of benzene rings is 1. The first-order valence-corrected chi connectivity index (χ1v) is 7.18. The maximum Gasteiger partial charge on any atom is 0.0843 e. The summed E-state index contributed by atoms with van der Waals surface area (Å²) in [4.78, 5) is 2.52. The molecule has 1 saturated heterocycles. The van der Waals surface area contributed by atoms with Crippen LogP contribution in [0.3, 0.4) is 0 Å². The molecule has 102 valence electrons. The molecule has 1 aliphatic rings. The maximum atomic E-state index is 4.79. The fourth-order valence-corrected chi connectivity index (χ4v) is 2.86. The quantitative estimate of drug-likeness (QED) is 0.912. The molecule has 0 spiro atoms. The fraction of sp³-hybridized carbons (Fsp3) is 0.533. The van der Waals surface area contributed by atoms with E-state index in [9.17, 15) is 0 Å². The topological polar surface area (TPSA) is 33.1 Å². The van der Waals surface area contributed by atoms with Gasteiger partial charge in [-0.3, -0.25) is 9.58 Å². The molecule has 4 nitrogen and oxygen atoms in total. The molecule has 1 atom stereocenters. The summed E-state index contributed by atoms with van der Waals surface area (Å²) in [6.45, 7) is 9.58. The van der Waals surface area contributed by atoms with E-state index in [1.807, 2.05) is 0 Å². The number of hydrogen-bond acceptors (Lipinski definition) is 3. The van der Waals surface area contributed by atoms with Crippen molar-refractivity contribution in [2.45, 2.75) is 33.0 Å². The zero-order valence-electron chi connectivity index (χ0n) is 11.8. The number of fused-ring (bicyclic) bond motifs is 1. The highest BCUT2D eigenvalue weighted by molar-refractivity contribution is 5.81. The highest BCUT2D eigenvalue weighted by Gasteiger charge is 2.20. The van der Waals surface area contributed by atoms with Gasteiger partial charge in [0.05, 0.1) is 11.2 Å². The van der Waals surface area contributed by atoms with E-state index in [1.54, 1.807) is 0 Å². The Morgan fingerprint density at radius 2 is 2.21 bits per heavy atom. The lowest BCUT2D eigenvalue weighted by atomic mass is 10.1. The number of rotatable bonds is 3. The molecule has 1 aromatic heterocycles. The van der Waals surface area contributed by atoms with E-state index in [1.165, 1.54) is 16.6 Å². The summed E-state index contributed by atoms with van der Waals surface area (Å²) in [7, 11) is 0. The van der Waals surface area contributed by atoms with Crippen molar-refractivity contribution in [3.8, 4) is 0 Å². The monoisotopic (exact) mass is 258 g/mol. The van der Waals surface area contributed by atoms with Crippen molar-refractivity contribution < 1.29 is 0 Å². The summed E-state index contributed by atoms with van der Waals surface area (Å²) >= 11 is 0. The fourth-order valence-electron chi connectivity index (χ4n) is 2.86. The third kappa shape index (κ3) is 2.38. The Morgan fingerprint density at radius 3 is 3.00 bits per heavy atom. The van der Waals surface area contributed by atoms with Crippen molar-refractivity contribution in [1.29, 1.82) is 0 Å². The standard InChI is InChI=1S/C15H22N4/c1-3-19-15-7-5-4-6-13(15)14(17-19)11-18-9-8-16-10-12(18)2/h4-7,12,16H,3,8-11H2,1-2H3. The van der Waals surface area contributed by atoms with Gasteiger partial charge in [0, 0.05) is 44.2 Å². The van der Waals surface area contributed by atoms with Gasteiger partial charge in [0.15, 0.2) is 0 Å². The third-order valence-electron chi connectivity index (χ3n) is 4.03. The van der Waals surface area contributed by atoms with Crippen molar-refractivity contribution >= 4 is 10.9 Å². The predicted octanol–water partition coefficient (Wildman–Crippen LogP) is 1.85. The number of hydrogen-bond donors (Lipinski definition) is 1. The van der Waals surface area contributed by atoms with Crippen molar-refractivity contribution in [3.05, 3.63) is 30.0 Å². The number of para-hydroxylation sites is 1. The van der Waals surface area contributed by atoms with Crippen LogP contribution in [0.2, 0.25) is 0 Å². The molecule has 0 amide bonds. The molecule has 3 rings (SSSR count). The van der Waals surface area contributed by atoms with Gasteiger partial charge in [-0.1, -0.05) is 18.2 Å². The first-order chi connectivity index (χ1) is 9.29. The number of piperazine rings is 1. The number of nitrogens with one attached hydrogen (secondary N) is 1. The molecule has 1 fully saturated rings. The van der Waals surface area contributed by atoms with Gasteiger partial charge >= 0.3 is 0 Å². The molecule has 0 aliphatic carbocycles. The number of aryl methyl sites for hydroxylation is 1. The van der Waals surface area contributed by atoms with Crippen LogP contribution in [0.4, 0.5) is 0 Å². The summed E-state index contributed by atoms with van der Waals surface area (Å²) in [6.07, 6.45) is 0. The summed E-state index contributed by atoms with van der Waals surface area (Å²) in [5.74, 6) is 0. The molecule has 2 aromatic rings. The average Bonchev–Trinajstić information content (AvgIpc) is 2.80. The van der Waals surface area contributed by atoms with Gasteiger partial charge in [-0.15, -0.1) is 0 Å². The van der Waals surface area contributed by atoms with Crippen molar-refractivity contribution in [2.24, 2.45) is 0 Å². The first kappa shape index (κ1) is 12.6. The van der Waals surface area contributed by atoms with Crippen LogP contribution in [0.5, 0.6) is 0 Å². The Kier molecular flexibility index (Phi) is 3.53. The van der Waals surface area contributed by atoms with E-state index in [4.69, 9.17) is 5.10 Å². The van der Waals surface area contributed by atoms with Gasteiger partial charge in [-0.25, -0.2) is 0 Å². The van der Waals surface area contributed by atoms with Crippen molar-refractivity contribution in [3.63, 3.8) is 0 Å². The Hall–Kier alpha value is -1.39. The van der Waals surface area contributed by atoms with Crippen LogP contribution < -0.4 is 5.32 Å². The Bertz CT molecular complexity index is 560. The smallest absolute Gasteiger partial charge is 0.0843 e. The van der Waals surface area contributed by atoms with Crippen molar-refractivity contribution in [2.75, 3.05) is 19.6 Å². The summed E-state index contributed by atoms with van der Waals surface area (Å²) in [5, 5.41) is 9.53. The lowest BCUT2D eigenvalue weighted by Crippen LogP contribution is -2.49. The molecule has 2 heterocycles. The average molecular weight is 258 g/mol. The third-order valence-corrected chi connectivity index (χ3v) is 4.03. The molecule has 4 heteroatoms. The molecule has 1 aliphatic heterocycles. The van der Waals surface area contributed by atoms with Crippen LogP contribution in [0.15, 0.2) is 24.3 Å². The van der Waals surface area contributed by atoms with E-state index in [0.717, 1.165) is 32.7 Å². The summed E-state index contributed by atoms with van der Waals surface area (Å²) < 4.78 is 2.11. The molecular formula is C15H22N4. The molecule has 1 aromatic carbocycles. The second-order valence-corrected chi connectivity index (χ2v) is 5.30. The van der Waals surface area contributed by atoms with Crippen LogP contribution in [0.25, 0.3) is 10.9 Å². The van der Waals surface area contributed by atoms with Crippen LogP contribution in [0, 0.1) is 0 Å². The molecular weight excluding hydrogens is 236 g/mol. The second kappa shape index (κ2) is 5.31. The molecule has 0 saturated carbocycles. The molecule has 0 radical (unpaired) electrons. The SMILES string of the molecule is CCn1nc(CN2CCNCC2C)c2ccccc21. The van der Waals surface area contributed by atoms with Crippen LogP contribution >= 0.6 is 0 Å². The van der Waals surface area contributed by atoms with E-state index in [0.29, 0.717) is 6.04 Å². The molecule has 19 heavy (non-hydrogen) atoms. The lowest BCUT2D eigenvalue weighted by molar-refractivity contribution is 0.164. The van der Waals surface area contributed by atoms with Crippen LogP contribution in [-0.4, -0.2) is 40.4 Å². The highest BCUT2D eigenvalue weighted by Crippen LogP contribution is 2.20. The largest absolute Gasteiger partial charge is 0.314 e. The molecule has 0 bridgehead atoms. The number of nitrogens with zero attached hydrogens (tertiary/aromatic N) is 3.